The van der Waals surface area contributed by atoms with Crippen molar-refractivity contribution >= 4 is 41.0 Å². The molecule has 0 radical (unpaired) electrons. The minimum absolute atomic E-state index is 0.196. The number of carboxylic acids is 1. The second-order valence-electron chi connectivity index (χ2n) is 9.18. The molecule has 2 aliphatic heterocycles. The maximum Gasteiger partial charge on any atom is 0.326 e. The third-order valence-corrected chi connectivity index (χ3v) is 7.21. The van der Waals surface area contributed by atoms with Crippen molar-refractivity contribution in [2.45, 2.75) is 50.5 Å². The molecular weight excluding hydrogens is 519 g/mol. The highest BCUT2D eigenvalue weighted by atomic mass is 35.5. The topological polar surface area (TPSA) is 96.4 Å². The van der Waals surface area contributed by atoms with E-state index in [2.05, 4.69) is 0 Å². The summed E-state index contributed by atoms with van der Waals surface area (Å²) in [6.07, 6.45) is -1.32. The lowest BCUT2D eigenvalue weighted by molar-refractivity contribution is -0.187. The maximum atomic E-state index is 13.9. The van der Waals surface area contributed by atoms with E-state index < -0.39 is 36.2 Å². The highest BCUT2D eigenvalue weighted by Crippen LogP contribution is 2.44. The SMILES string of the molecule is CCC[C@H](C(=O)O)N1C(=O)[C@@H](CC(=O)N2CCOCC2)O[C@H](c2cccc(Cl)c2)[C@@H]1c1ccc(Cl)cc1. The van der Waals surface area contributed by atoms with Crippen LogP contribution in [-0.2, 0) is 23.9 Å². The number of rotatable bonds is 8. The van der Waals surface area contributed by atoms with E-state index in [1.807, 2.05) is 13.0 Å². The van der Waals surface area contributed by atoms with Gasteiger partial charge in [0.1, 0.15) is 18.2 Å². The number of morpholine rings is 2. The number of hydrogen-bond donors (Lipinski definition) is 1. The van der Waals surface area contributed by atoms with Gasteiger partial charge < -0.3 is 24.4 Å². The van der Waals surface area contributed by atoms with E-state index in [-0.39, 0.29) is 18.7 Å². The Kier molecular flexibility index (Phi) is 9.08. The normalized spacial score (nSPS) is 23.1. The van der Waals surface area contributed by atoms with Crippen LogP contribution in [0, 0.1) is 0 Å². The Hall–Kier alpha value is -2.65. The zero-order chi connectivity index (χ0) is 26.5. The summed E-state index contributed by atoms with van der Waals surface area (Å²) in [7, 11) is 0. The molecule has 2 aromatic carbocycles. The molecule has 0 unspecified atom stereocenters. The van der Waals surface area contributed by atoms with E-state index in [4.69, 9.17) is 32.7 Å². The van der Waals surface area contributed by atoms with Crippen molar-refractivity contribution in [2.75, 3.05) is 26.3 Å². The molecular formula is C27H30Cl2N2O6. The number of hydrogen-bond acceptors (Lipinski definition) is 5. The summed E-state index contributed by atoms with van der Waals surface area (Å²) in [5.41, 5.74) is 1.34. The van der Waals surface area contributed by atoms with Gasteiger partial charge in [0.15, 0.2) is 0 Å². The number of carboxylic acid groups (broad SMARTS) is 1. The van der Waals surface area contributed by atoms with Gasteiger partial charge in [0.05, 0.1) is 25.7 Å². The van der Waals surface area contributed by atoms with Crippen LogP contribution in [0.25, 0.3) is 0 Å². The van der Waals surface area contributed by atoms with Crippen molar-refractivity contribution < 1.29 is 29.0 Å². The van der Waals surface area contributed by atoms with Gasteiger partial charge >= 0.3 is 5.97 Å². The molecule has 4 rings (SSSR count). The Morgan fingerprint density at radius 3 is 2.38 bits per heavy atom. The van der Waals surface area contributed by atoms with Crippen LogP contribution in [0.3, 0.4) is 0 Å². The first-order chi connectivity index (χ1) is 17.8. The Morgan fingerprint density at radius 2 is 1.76 bits per heavy atom. The number of aliphatic carboxylic acids is 1. The van der Waals surface area contributed by atoms with Gasteiger partial charge in [0.25, 0.3) is 5.91 Å². The van der Waals surface area contributed by atoms with Gasteiger partial charge in [-0.05, 0) is 41.8 Å². The lowest BCUT2D eigenvalue weighted by Crippen LogP contribution is -2.57. The van der Waals surface area contributed by atoms with E-state index in [9.17, 15) is 19.5 Å². The van der Waals surface area contributed by atoms with Crippen molar-refractivity contribution in [3.63, 3.8) is 0 Å². The molecule has 0 saturated carbocycles. The summed E-state index contributed by atoms with van der Waals surface area (Å²) in [5, 5.41) is 11.2. The van der Waals surface area contributed by atoms with Crippen LogP contribution in [0.4, 0.5) is 0 Å². The number of nitrogens with zero attached hydrogens (tertiary/aromatic N) is 2. The summed E-state index contributed by atoms with van der Waals surface area (Å²) < 4.78 is 11.7. The lowest BCUT2D eigenvalue weighted by atomic mass is 9.89. The van der Waals surface area contributed by atoms with Crippen LogP contribution in [0.2, 0.25) is 10.0 Å². The van der Waals surface area contributed by atoms with Crippen molar-refractivity contribution in [2.24, 2.45) is 0 Å². The monoisotopic (exact) mass is 548 g/mol. The summed E-state index contributed by atoms with van der Waals surface area (Å²) in [6.45, 7) is 3.59. The Bertz CT molecular complexity index is 1120. The van der Waals surface area contributed by atoms with Crippen molar-refractivity contribution in [3.8, 4) is 0 Å². The van der Waals surface area contributed by atoms with Gasteiger partial charge in [-0.25, -0.2) is 4.79 Å². The fraction of sp³-hybridized carbons (Fsp3) is 0.444. The zero-order valence-corrected chi connectivity index (χ0v) is 22.0. The van der Waals surface area contributed by atoms with Gasteiger partial charge in [0, 0.05) is 23.1 Å². The van der Waals surface area contributed by atoms with Crippen LogP contribution < -0.4 is 0 Å². The number of ether oxygens (including phenoxy) is 2. The standard InChI is InChI=1S/C27H30Cl2N2O6/c1-2-4-21(27(34)35)31-24(17-7-9-19(28)10-8-17)25(18-5-3-6-20(29)15-18)37-22(26(31)33)16-23(32)30-11-13-36-14-12-30/h3,5-10,15,21-22,24-25H,2,4,11-14,16H2,1H3,(H,34,35)/t21-,22-,24+,25-/m1/s1. The number of benzene rings is 2. The molecule has 2 amide bonds. The van der Waals surface area contributed by atoms with Crippen LogP contribution in [0.1, 0.15) is 49.5 Å². The molecule has 2 aliphatic rings. The zero-order valence-electron chi connectivity index (χ0n) is 20.5. The largest absolute Gasteiger partial charge is 0.480 e. The molecule has 0 aliphatic carbocycles. The number of amides is 2. The predicted octanol–water partition coefficient (Wildman–Crippen LogP) is 4.51. The molecule has 0 bridgehead atoms. The molecule has 2 heterocycles. The van der Waals surface area contributed by atoms with Gasteiger partial charge in [0.2, 0.25) is 5.91 Å². The lowest BCUT2D eigenvalue weighted by Gasteiger charge is -2.47. The number of carbonyl (C=O) groups excluding carboxylic acids is 2. The van der Waals surface area contributed by atoms with Crippen LogP contribution in [0.15, 0.2) is 48.5 Å². The molecule has 4 atom stereocenters. The fourth-order valence-electron chi connectivity index (χ4n) is 4.94. The maximum absolute atomic E-state index is 13.9. The molecule has 2 aromatic rings. The van der Waals surface area contributed by atoms with E-state index in [0.717, 1.165) is 0 Å². The van der Waals surface area contributed by atoms with E-state index in [1.165, 1.54) is 4.90 Å². The molecule has 2 saturated heterocycles. The summed E-state index contributed by atoms with van der Waals surface area (Å²) in [4.78, 5) is 42.6. The third-order valence-electron chi connectivity index (χ3n) is 6.72. The second-order valence-corrected chi connectivity index (χ2v) is 10.1. The quantitative estimate of drug-likeness (QED) is 0.521. The average molecular weight is 549 g/mol. The Balaban J connectivity index is 1.79. The number of halogens is 2. The van der Waals surface area contributed by atoms with E-state index in [0.29, 0.717) is 53.9 Å². The first kappa shape index (κ1) is 27.4. The van der Waals surface area contributed by atoms with Crippen molar-refractivity contribution in [1.82, 2.24) is 9.80 Å². The van der Waals surface area contributed by atoms with Crippen molar-refractivity contribution in [1.29, 1.82) is 0 Å². The van der Waals surface area contributed by atoms with Crippen LogP contribution in [-0.4, -0.2) is 71.1 Å². The Labute approximate surface area is 226 Å². The molecule has 1 N–H and O–H groups in total. The van der Waals surface area contributed by atoms with Gasteiger partial charge in [-0.1, -0.05) is 60.8 Å². The average Bonchev–Trinajstić information content (AvgIpc) is 2.89. The van der Waals surface area contributed by atoms with Crippen LogP contribution in [0.5, 0.6) is 0 Å². The van der Waals surface area contributed by atoms with E-state index >= 15 is 0 Å². The Morgan fingerprint density at radius 1 is 1.05 bits per heavy atom. The predicted molar refractivity (Wildman–Crippen MR) is 138 cm³/mol. The van der Waals surface area contributed by atoms with Gasteiger partial charge in [-0.3, -0.25) is 9.59 Å². The molecule has 2 fully saturated rings. The van der Waals surface area contributed by atoms with Gasteiger partial charge in [-0.15, -0.1) is 0 Å². The molecule has 0 spiro atoms. The summed E-state index contributed by atoms with van der Waals surface area (Å²) in [6, 6.07) is 12.1. The minimum Gasteiger partial charge on any atom is -0.480 e. The molecule has 37 heavy (non-hydrogen) atoms. The minimum atomic E-state index is -1.15. The van der Waals surface area contributed by atoms with Crippen LogP contribution >= 0.6 is 23.2 Å². The molecule has 0 aromatic heterocycles. The first-order valence-electron chi connectivity index (χ1n) is 12.4. The fourth-order valence-corrected chi connectivity index (χ4v) is 5.26. The molecule has 198 valence electrons. The first-order valence-corrected chi connectivity index (χ1v) is 13.1. The van der Waals surface area contributed by atoms with Crippen molar-refractivity contribution in [3.05, 3.63) is 69.7 Å². The third kappa shape index (κ3) is 6.26. The second kappa shape index (κ2) is 12.3. The number of carbonyl (C=O) groups is 3. The summed E-state index contributed by atoms with van der Waals surface area (Å²) >= 11 is 12.4. The smallest absolute Gasteiger partial charge is 0.326 e. The highest BCUT2D eigenvalue weighted by molar-refractivity contribution is 6.30. The highest BCUT2D eigenvalue weighted by Gasteiger charge is 2.49. The summed E-state index contributed by atoms with van der Waals surface area (Å²) in [5.74, 6) is -1.88. The van der Waals surface area contributed by atoms with E-state index in [1.54, 1.807) is 47.4 Å². The molecule has 8 nitrogen and oxygen atoms in total. The molecule has 10 heteroatoms. The van der Waals surface area contributed by atoms with Gasteiger partial charge in [-0.2, -0.15) is 0 Å².